The van der Waals surface area contributed by atoms with Crippen LogP contribution in [0.5, 0.6) is 0 Å². The van der Waals surface area contributed by atoms with Crippen molar-refractivity contribution >= 4 is 17.9 Å². The molecule has 0 heterocycles. The summed E-state index contributed by atoms with van der Waals surface area (Å²) in [7, 11) is 0. The number of carbonyl (C=O) groups is 1. The quantitative estimate of drug-likeness (QED) is 0.430. The van der Waals surface area contributed by atoms with Gasteiger partial charge in [-0.1, -0.05) is 12.1 Å². The maximum absolute atomic E-state index is 12.7. The number of benzene rings is 2. The number of urea groups is 1. The Morgan fingerprint density at radius 3 is 1.89 bits per heavy atom. The lowest BCUT2D eigenvalue weighted by molar-refractivity contribution is -0.143. The van der Waals surface area contributed by atoms with E-state index < -0.39 is 41.0 Å². The zero-order chi connectivity index (χ0) is 20.2. The van der Waals surface area contributed by atoms with Gasteiger partial charge in [0.15, 0.2) is 0 Å². The lowest BCUT2D eigenvalue weighted by Gasteiger charge is -2.14. The molecule has 0 fully saturated rings. The fourth-order valence-corrected chi connectivity index (χ4v) is 1.90. The predicted octanol–water partition coefficient (Wildman–Crippen LogP) is 5.02. The minimum atomic E-state index is -5.03. The summed E-state index contributed by atoms with van der Waals surface area (Å²) in [5, 5.41) is 5.29. The third kappa shape index (κ3) is 5.97. The Bertz CT molecular complexity index is 810. The summed E-state index contributed by atoms with van der Waals surface area (Å²) in [6, 6.07) is 4.42. The highest BCUT2D eigenvalue weighted by Gasteiger charge is 2.37. The van der Waals surface area contributed by atoms with Crippen LogP contribution in [0.1, 0.15) is 16.7 Å². The first-order valence-corrected chi connectivity index (χ1v) is 7.10. The van der Waals surface area contributed by atoms with Gasteiger partial charge in [-0.2, -0.15) is 31.4 Å². The van der Waals surface area contributed by atoms with Crippen LogP contribution in [0.2, 0.25) is 0 Å². The van der Waals surface area contributed by atoms with Crippen LogP contribution in [0.25, 0.3) is 0 Å². The lowest BCUT2D eigenvalue weighted by atomic mass is 10.1. The second-order valence-electron chi connectivity index (χ2n) is 5.17. The fourth-order valence-electron chi connectivity index (χ4n) is 1.90. The Morgan fingerprint density at radius 1 is 0.889 bits per heavy atom. The third-order valence-corrected chi connectivity index (χ3v) is 3.10. The number of nitrogens with one attached hydrogen (secondary N) is 2. The van der Waals surface area contributed by atoms with Crippen molar-refractivity contribution in [2.75, 3.05) is 5.32 Å². The second kappa shape index (κ2) is 7.64. The molecule has 0 aliphatic rings. The molecular formula is C16H10F7N3O. The van der Waals surface area contributed by atoms with Crippen molar-refractivity contribution in [1.29, 1.82) is 0 Å². The highest BCUT2D eigenvalue weighted by Crippen LogP contribution is 2.37. The number of carbonyl (C=O) groups excluding carboxylic acids is 1. The van der Waals surface area contributed by atoms with E-state index in [1.807, 2.05) is 10.7 Å². The van der Waals surface area contributed by atoms with Crippen LogP contribution in [-0.2, 0) is 12.4 Å². The van der Waals surface area contributed by atoms with Gasteiger partial charge in [0.2, 0.25) is 0 Å². The first-order valence-electron chi connectivity index (χ1n) is 7.10. The molecule has 0 aliphatic heterocycles. The van der Waals surface area contributed by atoms with E-state index >= 15 is 0 Å². The molecule has 0 bridgehead atoms. The molecule has 4 nitrogen and oxygen atoms in total. The lowest BCUT2D eigenvalue weighted by Crippen LogP contribution is -2.25. The van der Waals surface area contributed by atoms with E-state index in [0.717, 1.165) is 18.3 Å². The van der Waals surface area contributed by atoms with E-state index in [4.69, 9.17) is 0 Å². The van der Waals surface area contributed by atoms with Crippen molar-refractivity contribution in [3.05, 3.63) is 65.0 Å². The van der Waals surface area contributed by atoms with Crippen molar-refractivity contribution in [1.82, 2.24) is 5.43 Å². The summed E-state index contributed by atoms with van der Waals surface area (Å²) in [5.41, 5.74) is -1.58. The standard InChI is InChI=1S/C16H10F7N3O/c17-12-3-1-9(2-4-12)8-24-26-14(27)25-13-6-10(15(18,19)20)5-11(7-13)16(21,22)23/h1-8H,(H2,25,26,27). The van der Waals surface area contributed by atoms with Crippen molar-refractivity contribution in [2.24, 2.45) is 5.10 Å². The number of hydrogen-bond acceptors (Lipinski definition) is 2. The molecule has 0 spiro atoms. The maximum atomic E-state index is 12.7. The zero-order valence-corrected chi connectivity index (χ0v) is 13.1. The van der Waals surface area contributed by atoms with Gasteiger partial charge in [-0.05, 0) is 35.9 Å². The van der Waals surface area contributed by atoms with Gasteiger partial charge in [-0.3, -0.25) is 0 Å². The maximum Gasteiger partial charge on any atom is 0.416 e. The Kier molecular flexibility index (Phi) is 5.72. The zero-order valence-electron chi connectivity index (χ0n) is 13.1. The van der Waals surface area contributed by atoms with Crippen molar-refractivity contribution in [3.8, 4) is 0 Å². The monoisotopic (exact) mass is 393 g/mol. The Morgan fingerprint density at radius 2 is 1.41 bits per heavy atom. The number of alkyl halides is 6. The number of rotatable bonds is 3. The molecule has 2 aromatic rings. The highest BCUT2D eigenvalue weighted by atomic mass is 19.4. The number of anilines is 1. The molecule has 0 saturated carbocycles. The SMILES string of the molecule is O=C(NN=Cc1ccc(F)cc1)Nc1cc(C(F)(F)F)cc(C(F)(F)F)c1. The van der Waals surface area contributed by atoms with Crippen molar-refractivity contribution in [3.63, 3.8) is 0 Å². The summed E-state index contributed by atoms with van der Waals surface area (Å²) in [5.74, 6) is -0.497. The first kappa shape index (κ1) is 20.2. The topological polar surface area (TPSA) is 53.5 Å². The van der Waals surface area contributed by atoms with E-state index in [1.165, 1.54) is 12.1 Å². The van der Waals surface area contributed by atoms with Crippen LogP contribution < -0.4 is 10.7 Å². The van der Waals surface area contributed by atoms with E-state index in [1.54, 1.807) is 0 Å². The molecule has 27 heavy (non-hydrogen) atoms. The summed E-state index contributed by atoms with van der Waals surface area (Å²) in [4.78, 5) is 11.6. The van der Waals surface area contributed by atoms with Crippen molar-refractivity contribution < 1.29 is 35.5 Å². The average Bonchev–Trinajstić information content (AvgIpc) is 2.55. The van der Waals surface area contributed by atoms with Gasteiger partial charge < -0.3 is 5.32 Å². The van der Waals surface area contributed by atoms with Crippen LogP contribution in [-0.4, -0.2) is 12.2 Å². The molecule has 0 aromatic heterocycles. The molecule has 144 valence electrons. The van der Waals surface area contributed by atoms with Gasteiger partial charge in [-0.25, -0.2) is 14.6 Å². The third-order valence-electron chi connectivity index (χ3n) is 3.10. The minimum Gasteiger partial charge on any atom is -0.306 e. The molecule has 0 unspecified atom stereocenters. The van der Waals surface area contributed by atoms with E-state index in [-0.39, 0.29) is 6.07 Å². The Labute approximate surface area is 147 Å². The molecule has 2 aromatic carbocycles. The van der Waals surface area contributed by atoms with E-state index in [0.29, 0.717) is 17.7 Å². The van der Waals surface area contributed by atoms with Gasteiger partial charge in [0, 0.05) is 5.69 Å². The number of hydrazone groups is 1. The van der Waals surface area contributed by atoms with Crippen LogP contribution in [0, 0.1) is 5.82 Å². The average molecular weight is 393 g/mol. The molecule has 11 heteroatoms. The number of halogens is 7. The van der Waals surface area contributed by atoms with Gasteiger partial charge in [0.25, 0.3) is 0 Å². The van der Waals surface area contributed by atoms with Crippen molar-refractivity contribution in [2.45, 2.75) is 12.4 Å². The minimum absolute atomic E-state index is 0.0598. The molecule has 0 atom stereocenters. The van der Waals surface area contributed by atoms with E-state index in [2.05, 4.69) is 5.10 Å². The number of amides is 2. The smallest absolute Gasteiger partial charge is 0.306 e. The molecule has 2 rings (SSSR count). The van der Waals surface area contributed by atoms with Crippen LogP contribution in [0.3, 0.4) is 0 Å². The van der Waals surface area contributed by atoms with Gasteiger partial charge in [0.05, 0.1) is 17.3 Å². The van der Waals surface area contributed by atoms with Crippen LogP contribution >= 0.6 is 0 Å². The van der Waals surface area contributed by atoms with Gasteiger partial charge in [-0.15, -0.1) is 0 Å². The predicted molar refractivity (Wildman–Crippen MR) is 82.6 cm³/mol. The molecule has 2 amide bonds. The summed E-state index contributed by atoms with van der Waals surface area (Å²) in [6.45, 7) is 0. The van der Waals surface area contributed by atoms with Crippen LogP contribution in [0.4, 0.5) is 41.2 Å². The number of hydrogen-bond donors (Lipinski definition) is 2. The van der Waals surface area contributed by atoms with Crippen LogP contribution in [0.15, 0.2) is 47.6 Å². The Hall–Kier alpha value is -3.11. The number of nitrogens with zero attached hydrogens (tertiary/aromatic N) is 1. The molecule has 0 radical (unpaired) electrons. The summed E-state index contributed by atoms with van der Waals surface area (Å²) >= 11 is 0. The Balaban J connectivity index is 2.13. The summed E-state index contributed by atoms with van der Waals surface area (Å²) in [6.07, 6.45) is -8.96. The second-order valence-corrected chi connectivity index (χ2v) is 5.17. The van der Waals surface area contributed by atoms with E-state index in [9.17, 15) is 35.5 Å². The molecule has 0 saturated heterocycles. The summed E-state index contributed by atoms with van der Waals surface area (Å²) < 4.78 is 89.2. The molecule has 2 N–H and O–H groups in total. The largest absolute Gasteiger partial charge is 0.416 e. The molecular weight excluding hydrogens is 383 g/mol. The molecule has 0 aliphatic carbocycles. The highest BCUT2D eigenvalue weighted by molar-refractivity contribution is 5.90. The van der Waals surface area contributed by atoms with Gasteiger partial charge >= 0.3 is 18.4 Å². The first-order chi connectivity index (χ1) is 12.4. The fraction of sp³-hybridized carbons (Fsp3) is 0.125. The van der Waals surface area contributed by atoms with Gasteiger partial charge in [0.1, 0.15) is 5.82 Å². The normalized spacial score (nSPS) is 12.3.